The highest BCUT2D eigenvalue weighted by Gasteiger charge is 2.31. The Bertz CT molecular complexity index is 284. The number of nitrogens with one attached hydrogen (secondary N) is 1. The molecule has 0 saturated carbocycles. The van der Waals surface area contributed by atoms with E-state index >= 15 is 0 Å². The quantitative estimate of drug-likeness (QED) is 0.789. The lowest BCUT2D eigenvalue weighted by molar-refractivity contribution is -0.137. The van der Waals surface area contributed by atoms with Crippen LogP contribution in [0, 0.1) is 5.92 Å². The van der Waals surface area contributed by atoms with E-state index in [1.165, 1.54) is 0 Å². The third-order valence-corrected chi connectivity index (χ3v) is 2.97. The van der Waals surface area contributed by atoms with E-state index in [0.29, 0.717) is 19.5 Å². The van der Waals surface area contributed by atoms with Crippen LogP contribution in [0.15, 0.2) is 0 Å². The van der Waals surface area contributed by atoms with Crippen molar-refractivity contribution in [2.75, 3.05) is 26.2 Å². The summed E-state index contributed by atoms with van der Waals surface area (Å²) in [4.78, 5) is 12.4. The van der Waals surface area contributed by atoms with Gasteiger partial charge in [-0.2, -0.15) is 13.2 Å². The molecule has 1 saturated heterocycles. The summed E-state index contributed by atoms with van der Waals surface area (Å²) in [5.74, 6) is -0.605. The Kier molecular flexibility index (Phi) is 5.40. The molecule has 106 valence electrons. The first-order valence-electron chi connectivity index (χ1n) is 6.00. The van der Waals surface area contributed by atoms with Gasteiger partial charge >= 0.3 is 12.1 Å². The number of carbonyl (C=O) groups is 1. The van der Waals surface area contributed by atoms with E-state index in [0.717, 1.165) is 6.54 Å². The van der Waals surface area contributed by atoms with E-state index in [1.807, 2.05) is 11.8 Å². The predicted octanol–water partition coefficient (Wildman–Crippen LogP) is 1.32. The van der Waals surface area contributed by atoms with Gasteiger partial charge in [0, 0.05) is 25.7 Å². The number of aliphatic carboxylic acids is 1. The molecule has 2 atom stereocenters. The molecule has 1 aliphatic rings. The van der Waals surface area contributed by atoms with E-state index in [2.05, 4.69) is 5.32 Å². The van der Waals surface area contributed by atoms with Crippen molar-refractivity contribution in [2.45, 2.75) is 32.0 Å². The van der Waals surface area contributed by atoms with Crippen LogP contribution in [0.5, 0.6) is 0 Å². The van der Waals surface area contributed by atoms with Crippen molar-refractivity contribution in [3.63, 3.8) is 0 Å². The van der Waals surface area contributed by atoms with Crippen molar-refractivity contribution in [1.82, 2.24) is 10.2 Å². The summed E-state index contributed by atoms with van der Waals surface area (Å²) in [6, 6.07) is -0.218. The molecular weight excluding hydrogens is 249 g/mol. The van der Waals surface area contributed by atoms with Crippen LogP contribution in [-0.4, -0.2) is 54.4 Å². The number of alkyl halides is 3. The van der Waals surface area contributed by atoms with Crippen LogP contribution in [0.2, 0.25) is 0 Å². The molecule has 18 heavy (non-hydrogen) atoms. The summed E-state index contributed by atoms with van der Waals surface area (Å²) in [5, 5.41) is 11.1. The number of hydrogen-bond acceptors (Lipinski definition) is 3. The molecule has 1 fully saturated rings. The topological polar surface area (TPSA) is 52.6 Å². The van der Waals surface area contributed by atoms with Gasteiger partial charge in [-0.25, -0.2) is 0 Å². The maximum Gasteiger partial charge on any atom is 0.401 e. The van der Waals surface area contributed by atoms with Gasteiger partial charge in [-0.3, -0.25) is 4.79 Å². The Hall–Kier alpha value is -0.820. The number of likely N-dealkylation sites (tertiary alicyclic amines) is 1. The molecule has 1 heterocycles. The van der Waals surface area contributed by atoms with Gasteiger partial charge in [0.25, 0.3) is 0 Å². The minimum atomic E-state index is -4.20. The van der Waals surface area contributed by atoms with Crippen LogP contribution in [0.4, 0.5) is 13.2 Å². The summed E-state index contributed by atoms with van der Waals surface area (Å²) in [5.41, 5.74) is 0. The Balaban J connectivity index is 2.38. The maximum absolute atomic E-state index is 12.1. The highest BCUT2D eigenvalue weighted by atomic mass is 19.4. The fourth-order valence-electron chi connectivity index (χ4n) is 2.31. The molecule has 0 amide bonds. The molecule has 4 nitrogen and oxygen atoms in total. The number of rotatable bonds is 5. The SMILES string of the molecule is CC1CC(NCC(F)(F)F)CN(CCC(=O)O)C1. The lowest BCUT2D eigenvalue weighted by Gasteiger charge is -2.36. The van der Waals surface area contributed by atoms with E-state index in [1.54, 1.807) is 0 Å². The minimum Gasteiger partial charge on any atom is -0.481 e. The molecule has 7 heteroatoms. The average Bonchev–Trinajstić information content (AvgIpc) is 2.22. The zero-order valence-corrected chi connectivity index (χ0v) is 10.3. The normalized spacial score (nSPS) is 26.2. The molecule has 0 radical (unpaired) electrons. The van der Waals surface area contributed by atoms with Gasteiger partial charge in [0.1, 0.15) is 0 Å². The van der Waals surface area contributed by atoms with Crippen LogP contribution in [0.1, 0.15) is 19.8 Å². The van der Waals surface area contributed by atoms with Crippen LogP contribution in [0.25, 0.3) is 0 Å². The van der Waals surface area contributed by atoms with Crippen LogP contribution in [0.3, 0.4) is 0 Å². The van der Waals surface area contributed by atoms with E-state index < -0.39 is 18.7 Å². The number of nitrogens with zero attached hydrogens (tertiary/aromatic N) is 1. The van der Waals surface area contributed by atoms with Crippen molar-refractivity contribution in [3.8, 4) is 0 Å². The second kappa shape index (κ2) is 6.38. The van der Waals surface area contributed by atoms with Gasteiger partial charge in [0.2, 0.25) is 0 Å². The van der Waals surface area contributed by atoms with Crippen molar-refractivity contribution < 1.29 is 23.1 Å². The van der Waals surface area contributed by atoms with E-state index in [-0.39, 0.29) is 18.4 Å². The predicted molar refractivity (Wildman–Crippen MR) is 60.3 cm³/mol. The molecule has 0 aromatic carbocycles. The third-order valence-electron chi connectivity index (χ3n) is 2.97. The first kappa shape index (κ1) is 15.2. The summed E-state index contributed by atoms with van der Waals surface area (Å²) < 4.78 is 36.3. The number of piperidine rings is 1. The lowest BCUT2D eigenvalue weighted by atomic mass is 9.96. The zero-order chi connectivity index (χ0) is 13.8. The molecule has 2 unspecified atom stereocenters. The highest BCUT2D eigenvalue weighted by Crippen LogP contribution is 2.18. The van der Waals surface area contributed by atoms with Crippen molar-refractivity contribution >= 4 is 5.97 Å². The third kappa shape index (κ3) is 6.20. The van der Waals surface area contributed by atoms with Gasteiger partial charge in [0.15, 0.2) is 0 Å². The van der Waals surface area contributed by atoms with Gasteiger partial charge in [-0.1, -0.05) is 6.92 Å². The molecule has 0 aliphatic carbocycles. The average molecular weight is 268 g/mol. The first-order valence-corrected chi connectivity index (χ1v) is 6.00. The molecule has 0 aromatic rings. The zero-order valence-electron chi connectivity index (χ0n) is 10.3. The van der Waals surface area contributed by atoms with Crippen LogP contribution >= 0.6 is 0 Å². The number of carboxylic acid groups (broad SMARTS) is 1. The Morgan fingerprint density at radius 1 is 1.44 bits per heavy atom. The molecule has 0 aromatic heterocycles. The molecule has 2 N–H and O–H groups in total. The first-order chi connectivity index (χ1) is 8.26. The summed E-state index contributed by atoms with van der Waals surface area (Å²) in [6.07, 6.45) is -3.48. The monoisotopic (exact) mass is 268 g/mol. The van der Waals surface area contributed by atoms with Crippen LogP contribution < -0.4 is 5.32 Å². The Morgan fingerprint density at radius 2 is 2.11 bits per heavy atom. The minimum absolute atomic E-state index is 0.0265. The second-order valence-corrected chi connectivity index (χ2v) is 4.94. The lowest BCUT2D eigenvalue weighted by Crippen LogP contribution is -2.50. The van der Waals surface area contributed by atoms with Crippen molar-refractivity contribution in [3.05, 3.63) is 0 Å². The van der Waals surface area contributed by atoms with Gasteiger partial charge in [-0.15, -0.1) is 0 Å². The highest BCUT2D eigenvalue weighted by molar-refractivity contribution is 5.66. The van der Waals surface area contributed by atoms with E-state index in [9.17, 15) is 18.0 Å². The summed E-state index contributed by atoms with van der Waals surface area (Å²) in [7, 11) is 0. The summed E-state index contributed by atoms with van der Waals surface area (Å²) in [6.45, 7) is 2.60. The summed E-state index contributed by atoms with van der Waals surface area (Å²) >= 11 is 0. The number of hydrogen-bond donors (Lipinski definition) is 2. The maximum atomic E-state index is 12.1. The molecule has 1 rings (SSSR count). The van der Waals surface area contributed by atoms with Crippen LogP contribution in [-0.2, 0) is 4.79 Å². The smallest absolute Gasteiger partial charge is 0.401 e. The Morgan fingerprint density at radius 3 is 2.67 bits per heavy atom. The van der Waals surface area contributed by atoms with Gasteiger partial charge < -0.3 is 15.3 Å². The van der Waals surface area contributed by atoms with E-state index in [4.69, 9.17) is 5.11 Å². The second-order valence-electron chi connectivity index (χ2n) is 4.94. The fraction of sp³-hybridized carbons (Fsp3) is 0.909. The van der Waals surface area contributed by atoms with Gasteiger partial charge in [-0.05, 0) is 12.3 Å². The largest absolute Gasteiger partial charge is 0.481 e. The number of carboxylic acids is 1. The standard InChI is InChI=1S/C11H19F3N2O2/c1-8-4-9(15-7-11(12,13)14)6-16(5-8)3-2-10(17)18/h8-9,15H,2-7H2,1H3,(H,17,18). The molecular formula is C11H19F3N2O2. The Labute approximate surface area is 104 Å². The molecule has 0 spiro atoms. The molecule has 1 aliphatic heterocycles. The number of halogens is 3. The fourth-order valence-corrected chi connectivity index (χ4v) is 2.31. The van der Waals surface area contributed by atoms with Crippen molar-refractivity contribution in [2.24, 2.45) is 5.92 Å². The van der Waals surface area contributed by atoms with Gasteiger partial charge in [0.05, 0.1) is 13.0 Å². The van der Waals surface area contributed by atoms with Crippen molar-refractivity contribution in [1.29, 1.82) is 0 Å². The molecule has 0 bridgehead atoms.